The zero-order valence-corrected chi connectivity index (χ0v) is 22.6. The molecular weight excluding hydrogens is 526 g/mol. The number of amides is 2. The maximum atomic E-state index is 13.3. The molecule has 0 N–H and O–H groups in total. The number of hydrogen-bond acceptors (Lipinski definition) is 5. The van der Waals surface area contributed by atoms with Crippen molar-refractivity contribution in [2.75, 3.05) is 20.1 Å². The van der Waals surface area contributed by atoms with Crippen LogP contribution in [0.4, 0.5) is 0 Å². The number of aromatic nitrogens is 1. The first-order valence-corrected chi connectivity index (χ1v) is 13.3. The maximum absolute atomic E-state index is 13.3. The molecule has 35 heavy (non-hydrogen) atoms. The SMILES string of the molecule is Cc1nc(C)c(C(=O)N2CC[C@H](Oc3cccc(Br)c3)[C@@H](CC(=O)N(C)Cc3ccccc3)C2)s1. The Morgan fingerprint density at radius 2 is 1.94 bits per heavy atom. The standard InChI is InChI=1S/C27H30BrN3O3S/c1-18-26(35-19(2)29-18)27(33)31-13-12-24(34-23-11-7-10-22(28)15-23)21(17-31)14-25(32)30(3)16-20-8-5-4-6-9-20/h4-11,15,21,24H,12-14,16-17H2,1-3H3/t21-,24-/m0/s1. The normalized spacial score (nSPS) is 17.8. The van der Waals surface area contributed by atoms with Crippen molar-refractivity contribution in [2.24, 2.45) is 5.92 Å². The molecule has 3 aromatic rings. The number of carbonyl (C=O) groups is 2. The van der Waals surface area contributed by atoms with Crippen molar-refractivity contribution in [1.29, 1.82) is 0 Å². The maximum Gasteiger partial charge on any atom is 0.265 e. The fourth-order valence-electron chi connectivity index (χ4n) is 4.46. The van der Waals surface area contributed by atoms with Gasteiger partial charge in [-0.15, -0.1) is 11.3 Å². The predicted octanol–water partition coefficient (Wildman–Crippen LogP) is 5.48. The number of thiazole rings is 1. The van der Waals surface area contributed by atoms with Gasteiger partial charge in [-0.2, -0.15) is 0 Å². The Morgan fingerprint density at radius 3 is 2.63 bits per heavy atom. The van der Waals surface area contributed by atoms with Gasteiger partial charge >= 0.3 is 0 Å². The number of carbonyl (C=O) groups excluding carboxylic acids is 2. The molecule has 0 aliphatic carbocycles. The summed E-state index contributed by atoms with van der Waals surface area (Å²) < 4.78 is 7.30. The summed E-state index contributed by atoms with van der Waals surface area (Å²) in [5.74, 6) is 0.671. The van der Waals surface area contributed by atoms with Crippen LogP contribution in [0.3, 0.4) is 0 Å². The van der Waals surface area contributed by atoms with Gasteiger partial charge in [-0.25, -0.2) is 4.98 Å². The van der Waals surface area contributed by atoms with E-state index in [2.05, 4.69) is 20.9 Å². The van der Waals surface area contributed by atoms with Crippen molar-refractivity contribution in [3.63, 3.8) is 0 Å². The van der Waals surface area contributed by atoms with Crippen molar-refractivity contribution in [2.45, 2.75) is 39.3 Å². The minimum absolute atomic E-state index is 0.0101. The molecule has 0 radical (unpaired) electrons. The molecule has 2 heterocycles. The van der Waals surface area contributed by atoms with E-state index < -0.39 is 0 Å². The third-order valence-corrected chi connectivity index (χ3v) is 7.81. The minimum Gasteiger partial charge on any atom is -0.490 e. The van der Waals surface area contributed by atoms with Gasteiger partial charge in [0.2, 0.25) is 5.91 Å². The lowest BCUT2D eigenvalue weighted by atomic mass is 9.90. The summed E-state index contributed by atoms with van der Waals surface area (Å²) in [5.41, 5.74) is 1.85. The Morgan fingerprint density at radius 1 is 1.17 bits per heavy atom. The van der Waals surface area contributed by atoms with E-state index in [1.165, 1.54) is 11.3 Å². The highest BCUT2D eigenvalue weighted by Gasteiger charge is 2.36. The predicted molar refractivity (Wildman–Crippen MR) is 142 cm³/mol. The molecule has 1 aromatic heterocycles. The van der Waals surface area contributed by atoms with Gasteiger partial charge in [0.15, 0.2) is 0 Å². The molecule has 2 amide bonds. The molecule has 1 saturated heterocycles. The Hall–Kier alpha value is -2.71. The minimum atomic E-state index is -0.160. The molecule has 2 atom stereocenters. The van der Waals surface area contributed by atoms with Gasteiger partial charge in [-0.3, -0.25) is 9.59 Å². The number of benzene rings is 2. The average Bonchev–Trinajstić information content (AvgIpc) is 3.18. The molecule has 0 spiro atoms. The Balaban J connectivity index is 1.50. The number of likely N-dealkylation sites (tertiary alicyclic amines) is 1. The molecule has 0 unspecified atom stereocenters. The lowest BCUT2D eigenvalue weighted by molar-refractivity contribution is -0.132. The van der Waals surface area contributed by atoms with E-state index in [0.29, 0.717) is 37.4 Å². The van der Waals surface area contributed by atoms with Crippen molar-refractivity contribution in [3.8, 4) is 5.75 Å². The summed E-state index contributed by atoms with van der Waals surface area (Å²) in [7, 11) is 1.83. The number of rotatable bonds is 7. The lowest BCUT2D eigenvalue weighted by Gasteiger charge is -2.38. The number of piperidine rings is 1. The monoisotopic (exact) mass is 555 g/mol. The van der Waals surface area contributed by atoms with Crippen LogP contribution in [-0.2, 0) is 11.3 Å². The highest BCUT2D eigenvalue weighted by Crippen LogP contribution is 2.30. The van der Waals surface area contributed by atoms with Crippen molar-refractivity contribution < 1.29 is 14.3 Å². The van der Waals surface area contributed by atoms with Crippen LogP contribution < -0.4 is 4.74 Å². The number of nitrogens with zero attached hydrogens (tertiary/aromatic N) is 3. The average molecular weight is 557 g/mol. The molecule has 0 saturated carbocycles. The molecule has 1 aliphatic rings. The van der Waals surface area contributed by atoms with E-state index in [9.17, 15) is 9.59 Å². The first-order chi connectivity index (χ1) is 16.8. The second-order valence-electron chi connectivity index (χ2n) is 9.00. The first-order valence-electron chi connectivity index (χ1n) is 11.7. The molecular formula is C27H30BrN3O3S. The zero-order chi connectivity index (χ0) is 24.9. The van der Waals surface area contributed by atoms with E-state index >= 15 is 0 Å². The van der Waals surface area contributed by atoms with E-state index in [4.69, 9.17) is 4.74 Å². The van der Waals surface area contributed by atoms with Crippen molar-refractivity contribution >= 4 is 39.1 Å². The van der Waals surface area contributed by atoms with Gasteiger partial charge < -0.3 is 14.5 Å². The summed E-state index contributed by atoms with van der Waals surface area (Å²) in [4.78, 5) is 35.2. The number of ether oxygens (including phenoxy) is 1. The Bertz CT molecular complexity index is 1180. The van der Waals surface area contributed by atoms with Gasteiger partial charge in [0.1, 0.15) is 16.7 Å². The van der Waals surface area contributed by atoms with Gasteiger partial charge in [0, 0.05) is 49.9 Å². The Kier molecular flexibility index (Phi) is 8.23. The fourth-order valence-corrected chi connectivity index (χ4v) is 5.73. The van der Waals surface area contributed by atoms with Gasteiger partial charge in [0.05, 0.1) is 10.7 Å². The van der Waals surface area contributed by atoms with Gasteiger partial charge in [-0.05, 0) is 37.6 Å². The van der Waals surface area contributed by atoms with E-state index in [1.807, 2.05) is 80.4 Å². The van der Waals surface area contributed by atoms with E-state index in [-0.39, 0.29) is 23.8 Å². The number of hydrogen-bond donors (Lipinski definition) is 0. The quantitative estimate of drug-likeness (QED) is 0.387. The molecule has 6 nitrogen and oxygen atoms in total. The van der Waals surface area contributed by atoms with Crippen molar-refractivity contribution in [1.82, 2.24) is 14.8 Å². The lowest BCUT2D eigenvalue weighted by Crippen LogP contribution is -2.49. The van der Waals surface area contributed by atoms with Crippen LogP contribution in [-0.4, -0.2) is 52.8 Å². The van der Waals surface area contributed by atoms with E-state index in [0.717, 1.165) is 26.5 Å². The van der Waals surface area contributed by atoms with Crippen LogP contribution in [0.1, 0.15) is 38.8 Å². The summed E-state index contributed by atoms with van der Waals surface area (Å²) in [6.45, 7) is 5.39. The molecule has 1 aliphatic heterocycles. The van der Waals surface area contributed by atoms with Crippen LogP contribution in [0, 0.1) is 19.8 Å². The smallest absolute Gasteiger partial charge is 0.265 e. The summed E-state index contributed by atoms with van der Waals surface area (Å²) in [6.07, 6.45) is 0.814. The summed E-state index contributed by atoms with van der Waals surface area (Å²) >= 11 is 4.93. The van der Waals surface area contributed by atoms with Gasteiger partial charge in [0.25, 0.3) is 5.91 Å². The molecule has 184 valence electrons. The van der Waals surface area contributed by atoms with Crippen molar-refractivity contribution in [3.05, 3.63) is 80.2 Å². The van der Waals surface area contributed by atoms with Crippen LogP contribution >= 0.6 is 27.3 Å². The number of halogens is 1. The van der Waals surface area contributed by atoms with Crippen LogP contribution in [0.25, 0.3) is 0 Å². The fraction of sp³-hybridized carbons (Fsp3) is 0.370. The topological polar surface area (TPSA) is 62.7 Å². The summed E-state index contributed by atoms with van der Waals surface area (Å²) in [5, 5.41) is 0.882. The largest absolute Gasteiger partial charge is 0.490 e. The third-order valence-electron chi connectivity index (χ3n) is 6.26. The first kappa shape index (κ1) is 25.4. The molecule has 0 bridgehead atoms. The van der Waals surface area contributed by atoms with Crippen LogP contribution in [0.15, 0.2) is 59.1 Å². The highest BCUT2D eigenvalue weighted by atomic mass is 79.9. The van der Waals surface area contributed by atoms with Gasteiger partial charge in [-0.1, -0.05) is 52.3 Å². The number of aryl methyl sites for hydroxylation is 2. The second kappa shape index (κ2) is 11.4. The molecule has 8 heteroatoms. The van der Waals surface area contributed by atoms with Crippen LogP contribution in [0.5, 0.6) is 5.75 Å². The Labute approximate surface area is 219 Å². The summed E-state index contributed by atoms with van der Waals surface area (Å²) in [6, 6.07) is 17.7. The zero-order valence-electron chi connectivity index (χ0n) is 20.2. The molecule has 2 aromatic carbocycles. The molecule has 4 rings (SSSR count). The second-order valence-corrected chi connectivity index (χ2v) is 11.1. The molecule has 1 fully saturated rings. The third kappa shape index (κ3) is 6.49. The van der Waals surface area contributed by atoms with E-state index in [1.54, 1.807) is 4.90 Å². The van der Waals surface area contributed by atoms with Crippen LogP contribution in [0.2, 0.25) is 0 Å². The highest BCUT2D eigenvalue weighted by molar-refractivity contribution is 9.10.